The molecule has 7 nitrogen and oxygen atoms in total. The second-order valence-electron chi connectivity index (χ2n) is 5.32. The predicted octanol–water partition coefficient (Wildman–Crippen LogP) is 0.968. The van der Waals surface area contributed by atoms with Crippen molar-refractivity contribution >= 4 is 12.0 Å². The number of amides is 2. The Morgan fingerprint density at radius 1 is 1.45 bits per heavy atom. The van der Waals surface area contributed by atoms with Crippen LogP contribution in [0.25, 0.3) is 0 Å². The molecule has 110 valence electrons. The number of aromatic nitrogens is 2. The van der Waals surface area contributed by atoms with Crippen molar-refractivity contribution in [2.45, 2.75) is 50.7 Å². The number of hydrogen-bond acceptors (Lipinski definition) is 3. The third-order valence-electron chi connectivity index (χ3n) is 3.62. The zero-order chi connectivity index (χ0) is 14.6. The number of hydrogen-bond donors (Lipinski definition) is 3. The highest BCUT2D eigenvalue weighted by molar-refractivity contribution is 5.86. The van der Waals surface area contributed by atoms with E-state index in [9.17, 15) is 14.7 Å². The molecule has 20 heavy (non-hydrogen) atoms. The van der Waals surface area contributed by atoms with E-state index in [4.69, 9.17) is 0 Å². The van der Waals surface area contributed by atoms with Gasteiger partial charge in [-0.05, 0) is 25.8 Å². The lowest BCUT2D eigenvalue weighted by molar-refractivity contribution is -0.144. The van der Waals surface area contributed by atoms with Gasteiger partial charge in [0.25, 0.3) is 0 Å². The largest absolute Gasteiger partial charge is 0.480 e. The van der Waals surface area contributed by atoms with E-state index < -0.39 is 17.5 Å². The lowest BCUT2D eigenvalue weighted by Gasteiger charge is -2.26. The van der Waals surface area contributed by atoms with Gasteiger partial charge in [0, 0.05) is 18.4 Å². The summed E-state index contributed by atoms with van der Waals surface area (Å²) in [6.45, 7) is 2.39. The molecule has 1 fully saturated rings. The molecule has 3 N–H and O–H groups in total. The summed E-state index contributed by atoms with van der Waals surface area (Å²) in [4.78, 5) is 23.3. The van der Waals surface area contributed by atoms with Crippen LogP contribution in [0.4, 0.5) is 4.79 Å². The number of carbonyl (C=O) groups is 2. The van der Waals surface area contributed by atoms with Crippen LogP contribution in [0.1, 0.15) is 32.6 Å². The van der Waals surface area contributed by atoms with Gasteiger partial charge in [-0.2, -0.15) is 5.10 Å². The molecule has 0 saturated heterocycles. The molecular weight excluding hydrogens is 260 g/mol. The maximum absolute atomic E-state index is 11.9. The molecule has 0 spiro atoms. The molecule has 1 aromatic rings. The number of urea groups is 1. The highest BCUT2D eigenvalue weighted by atomic mass is 16.4. The zero-order valence-electron chi connectivity index (χ0n) is 11.5. The average Bonchev–Trinajstić information content (AvgIpc) is 3.00. The number of carboxylic acids is 1. The van der Waals surface area contributed by atoms with Crippen molar-refractivity contribution in [2.24, 2.45) is 0 Å². The Bertz CT molecular complexity index is 466. The van der Waals surface area contributed by atoms with Crippen LogP contribution >= 0.6 is 0 Å². The maximum atomic E-state index is 11.9. The fourth-order valence-corrected chi connectivity index (χ4v) is 2.58. The van der Waals surface area contributed by atoms with Gasteiger partial charge in [-0.3, -0.25) is 4.68 Å². The molecule has 1 aromatic heterocycles. The molecule has 0 aliphatic heterocycles. The van der Waals surface area contributed by atoms with E-state index in [1.165, 1.54) is 0 Å². The van der Waals surface area contributed by atoms with Crippen LogP contribution in [-0.4, -0.2) is 38.5 Å². The quantitative estimate of drug-likeness (QED) is 0.748. The van der Waals surface area contributed by atoms with E-state index in [-0.39, 0.29) is 6.04 Å². The van der Waals surface area contributed by atoms with Gasteiger partial charge in [0.15, 0.2) is 0 Å². The second-order valence-corrected chi connectivity index (χ2v) is 5.32. The molecule has 1 unspecified atom stereocenters. The van der Waals surface area contributed by atoms with Gasteiger partial charge in [-0.1, -0.05) is 12.8 Å². The average molecular weight is 280 g/mol. The van der Waals surface area contributed by atoms with Crippen LogP contribution in [0.2, 0.25) is 0 Å². The molecule has 1 aliphatic rings. The van der Waals surface area contributed by atoms with Gasteiger partial charge in [0.2, 0.25) is 0 Å². The summed E-state index contributed by atoms with van der Waals surface area (Å²) in [5.41, 5.74) is -1.10. The van der Waals surface area contributed by atoms with Gasteiger partial charge in [-0.15, -0.1) is 0 Å². The summed E-state index contributed by atoms with van der Waals surface area (Å²) >= 11 is 0. The normalized spacial score (nSPS) is 18.4. The number of nitrogens with one attached hydrogen (secondary N) is 2. The molecule has 1 aliphatic carbocycles. The van der Waals surface area contributed by atoms with Crippen molar-refractivity contribution < 1.29 is 14.7 Å². The van der Waals surface area contributed by atoms with Gasteiger partial charge in [0.05, 0.1) is 6.54 Å². The number of nitrogens with zero attached hydrogens (tertiary/aromatic N) is 2. The molecule has 0 radical (unpaired) electrons. The van der Waals surface area contributed by atoms with Crippen LogP contribution in [0, 0.1) is 0 Å². The lowest BCUT2D eigenvalue weighted by atomic mass is 9.98. The van der Waals surface area contributed by atoms with Crippen LogP contribution < -0.4 is 10.6 Å². The Morgan fingerprint density at radius 3 is 2.70 bits per heavy atom. The van der Waals surface area contributed by atoms with Crippen LogP contribution in [0.3, 0.4) is 0 Å². The number of rotatable bonds is 5. The molecule has 7 heteroatoms. The third-order valence-corrected chi connectivity index (χ3v) is 3.62. The van der Waals surface area contributed by atoms with Gasteiger partial charge in [0.1, 0.15) is 5.54 Å². The van der Waals surface area contributed by atoms with Crippen LogP contribution in [0.15, 0.2) is 18.5 Å². The van der Waals surface area contributed by atoms with Crippen molar-refractivity contribution in [3.05, 3.63) is 18.5 Å². The standard InChI is InChI=1S/C13H20N4O3/c1-10(9-17-8-4-7-14-17)15-12(20)16-13(11(18)19)5-2-3-6-13/h4,7-8,10H,2-3,5-6,9H2,1H3,(H,18,19)(H2,15,16,20). The monoisotopic (exact) mass is 280 g/mol. The highest BCUT2D eigenvalue weighted by Crippen LogP contribution is 2.29. The topological polar surface area (TPSA) is 96.3 Å². The van der Waals surface area contributed by atoms with Crippen LogP contribution in [-0.2, 0) is 11.3 Å². The molecule has 1 heterocycles. The first-order chi connectivity index (χ1) is 9.52. The minimum atomic E-state index is -1.10. The number of carboxylic acid groups (broad SMARTS) is 1. The Balaban J connectivity index is 1.86. The fourth-order valence-electron chi connectivity index (χ4n) is 2.58. The molecule has 2 rings (SSSR count). The first-order valence-corrected chi connectivity index (χ1v) is 6.81. The van der Waals surface area contributed by atoms with Gasteiger partial charge in [-0.25, -0.2) is 9.59 Å². The van der Waals surface area contributed by atoms with E-state index in [1.807, 2.05) is 19.2 Å². The highest BCUT2D eigenvalue weighted by Gasteiger charge is 2.42. The van der Waals surface area contributed by atoms with Gasteiger partial charge >= 0.3 is 12.0 Å². The molecule has 2 amide bonds. The van der Waals surface area contributed by atoms with Gasteiger partial charge < -0.3 is 15.7 Å². The van der Waals surface area contributed by atoms with Crippen molar-refractivity contribution in [1.82, 2.24) is 20.4 Å². The van der Waals surface area contributed by atoms with E-state index in [1.54, 1.807) is 10.9 Å². The van der Waals surface area contributed by atoms with E-state index in [2.05, 4.69) is 15.7 Å². The zero-order valence-corrected chi connectivity index (χ0v) is 11.5. The summed E-state index contributed by atoms with van der Waals surface area (Å²) in [6.07, 6.45) is 6.12. The summed E-state index contributed by atoms with van der Waals surface area (Å²) in [5, 5.41) is 18.7. The number of aliphatic carboxylic acids is 1. The molecule has 0 aromatic carbocycles. The van der Waals surface area contributed by atoms with Crippen molar-refractivity contribution in [3.63, 3.8) is 0 Å². The predicted molar refractivity (Wildman–Crippen MR) is 72.2 cm³/mol. The van der Waals surface area contributed by atoms with E-state index in [0.717, 1.165) is 12.8 Å². The summed E-state index contributed by atoms with van der Waals surface area (Å²) in [6, 6.07) is 1.24. The fraction of sp³-hybridized carbons (Fsp3) is 0.615. The molecule has 1 atom stereocenters. The third kappa shape index (κ3) is 3.28. The van der Waals surface area contributed by atoms with E-state index in [0.29, 0.717) is 19.4 Å². The van der Waals surface area contributed by atoms with Crippen molar-refractivity contribution in [1.29, 1.82) is 0 Å². The van der Waals surface area contributed by atoms with E-state index >= 15 is 0 Å². The summed E-state index contributed by atoms with van der Waals surface area (Å²) < 4.78 is 1.72. The smallest absolute Gasteiger partial charge is 0.329 e. The Hall–Kier alpha value is -2.05. The Kier molecular flexibility index (Phi) is 4.26. The summed E-state index contributed by atoms with van der Waals surface area (Å²) in [7, 11) is 0. The lowest BCUT2D eigenvalue weighted by Crippen LogP contribution is -2.57. The SMILES string of the molecule is CC(Cn1cccn1)NC(=O)NC1(C(=O)O)CCCC1. The summed E-state index contributed by atoms with van der Waals surface area (Å²) in [5.74, 6) is -0.954. The molecule has 1 saturated carbocycles. The van der Waals surface area contributed by atoms with Crippen LogP contribution in [0.5, 0.6) is 0 Å². The first-order valence-electron chi connectivity index (χ1n) is 6.81. The maximum Gasteiger partial charge on any atom is 0.329 e. The Morgan fingerprint density at radius 2 is 2.15 bits per heavy atom. The molecular formula is C13H20N4O3. The minimum Gasteiger partial charge on any atom is -0.480 e. The first kappa shape index (κ1) is 14.4. The second kappa shape index (κ2) is 5.94. The Labute approximate surface area is 117 Å². The molecule has 0 bridgehead atoms. The van der Waals surface area contributed by atoms with Crippen molar-refractivity contribution in [2.75, 3.05) is 0 Å². The van der Waals surface area contributed by atoms with Crippen molar-refractivity contribution in [3.8, 4) is 0 Å². The minimum absolute atomic E-state index is 0.137. The number of carbonyl (C=O) groups excluding carboxylic acids is 1.